The van der Waals surface area contributed by atoms with Gasteiger partial charge >= 0.3 is 0 Å². The molecule has 1 N–H and O–H groups in total. The zero-order valence-corrected chi connectivity index (χ0v) is 17.6. The van der Waals surface area contributed by atoms with E-state index in [4.69, 9.17) is 4.74 Å². The lowest BCUT2D eigenvalue weighted by Crippen LogP contribution is -2.25. The number of rotatable bonds is 7. The molecule has 7 nitrogen and oxygen atoms in total. The number of sulfonamides is 1. The molecule has 0 radical (unpaired) electrons. The highest BCUT2D eigenvalue weighted by Crippen LogP contribution is 2.22. The van der Waals surface area contributed by atoms with Crippen LogP contribution in [0, 0.1) is 6.92 Å². The van der Waals surface area contributed by atoms with E-state index in [0.29, 0.717) is 23.5 Å². The van der Waals surface area contributed by atoms with E-state index in [2.05, 4.69) is 14.7 Å². The number of para-hydroxylation sites is 1. The topological polar surface area (TPSA) is 86.1 Å². The maximum atomic E-state index is 12.7. The van der Waals surface area contributed by atoms with Crippen LogP contribution in [0.4, 0.5) is 0 Å². The minimum absolute atomic E-state index is 0.0434. The Morgan fingerprint density at radius 3 is 2.57 bits per heavy atom. The highest BCUT2D eigenvalue weighted by molar-refractivity contribution is 7.89. The molecule has 0 aliphatic rings. The number of benzene rings is 2. The summed E-state index contributed by atoms with van der Waals surface area (Å²) in [6, 6.07) is 18.1. The van der Waals surface area contributed by atoms with Crippen LogP contribution >= 0.6 is 0 Å². The average molecular weight is 423 g/mol. The molecule has 0 unspecified atom stereocenters. The molecule has 0 spiro atoms. The third-order valence-corrected chi connectivity index (χ3v) is 6.27. The van der Waals surface area contributed by atoms with Crippen molar-refractivity contribution in [3.05, 3.63) is 83.8 Å². The molecular formula is C22H22N4O3S. The fraction of sp³-hybridized carbons (Fsp3) is 0.182. The number of aryl methyl sites for hydroxylation is 1. The van der Waals surface area contributed by atoms with Crippen molar-refractivity contribution in [1.29, 1.82) is 0 Å². The third-order valence-electron chi connectivity index (χ3n) is 4.86. The number of aromatic nitrogens is 3. The number of imidazole rings is 1. The molecule has 0 atom stereocenters. The van der Waals surface area contributed by atoms with Gasteiger partial charge in [0.15, 0.2) is 5.65 Å². The van der Waals surface area contributed by atoms with E-state index in [1.54, 1.807) is 37.6 Å². The van der Waals surface area contributed by atoms with Gasteiger partial charge in [0, 0.05) is 11.8 Å². The average Bonchev–Trinajstić information content (AvgIpc) is 3.10. The quantitative estimate of drug-likeness (QED) is 0.494. The summed E-state index contributed by atoms with van der Waals surface area (Å²) in [6.07, 6.45) is 1.70. The Kier molecular flexibility index (Phi) is 5.52. The van der Waals surface area contributed by atoms with E-state index in [9.17, 15) is 8.42 Å². The minimum Gasteiger partial charge on any atom is -0.496 e. The number of hydrogen-bond acceptors (Lipinski definition) is 5. The van der Waals surface area contributed by atoms with Crippen LogP contribution in [0.15, 0.2) is 71.8 Å². The summed E-state index contributed by atoms with van der Waals surface area (Å²) >= 11 is 0. The Morgan fingerprint density at radius 2 is 1.80 bits per heavy atom. The fourth-order valence-corrected chi connectivity index (χ4v) is 4.25. The third kappa shape index (κ3) is 4.05. The molecule has 2 heterocycles. The number of ether oxygens (including phenoxy) is 1. The monoisotopic (exact) mass is 422 g/mol. The molecule has 0 fully saturated rings. The van der Waals surface area contributed by atoms with Gasteiger partial charge in [0.05, 0.1) is 25.1 Å². The number of fused-ring (bicyclic) bond motifs is 1. The Hall–Kier alpha value is -3.23. The lowest BCUT2D eigenvalue weighted by Gasteiger charge is -2.13. The lowest BCUT2D eigenvalue weighted by molar-refractivity contribution is 0.408. The molecular weight excluding hydrogens is 400 g/mol. The molecule has 0 saturated carbocycles. The SMILES string of the molecule is COc1ccccc1Cn1c(CNS(=O)(=O)c2ccc(C)cc2)nc2cccnc21. The number of hydrogen-bond donors (Lipinski definition) is 1. The first-order chi connectivity index (χ1) is 14.5. The van der Waals surface area contributed by atoms with E-state index in [-0.39, 0.29) is 11.4 Å². The lowest BCUT2D eigenvalue weighted by atomic mass is 10.2. The van der Waals surface area contributed by atoms with Gasteiger partial charge in [0.25, 0.3) is 0 Å². The van der Waals surface area contributed by atoms with Gasteiger partial charge in [-0.2, -0.15) is 0 Å². The van der Waals surface area contributed by atoms with Crippen molar-refractivity contribution in [2.45, 2.75) is 24.9 Å². The largest absolute Gasteiger partial charge is 0.496 e. The first-order valence-electron chi connectivity index (χ1n) is 9.46. The summed E-state index contributed by atoms with van der Waals surface area (Å²) in [5.41, 5.74) is 3.34. The maximum absolute atomic E-state index is 12.7. The van der Waals surface area contributed by atoms with Crippen molar-refractivity contribution >= 4 is 21.2 Å². The van der Waals surface area contributed by atoms with Crippen LogP contribution in [0.1, 0.15) is 17.0 Å². The maximum Gasteiger partial charge on any atom is 0.240 e. The van der Waals surface area contributed by atoms with Crippen molar-refractivity contribution in [2.24, 2.45) is 0 Å². The van der Waals surface area contributed by atoms with Gasteiger partial charge in [-0.05, 0) is 37.3 Å². The molecule has 4 rings (SSSR count). The van der Waals surface area contributed by atoms with Gasteiger partial charge < -0.3 is 9.30 Å². The van der Waals surface area contributed by atoms with Gasteiger partial charge in [0.2, 0.25) is 10.0 Å². The highest BCUT2D eigenvalue weighted by Gasteiger charge is 2.18. The minimum atomic E-state index is -3.66. The van der Waals surface area contributed by atoms with Crippen LogP contribution in [0.3, 0.4) is 0 Å². The van der Waals surface area contributed by atoms with E-state index < -0.39 is 10.0 Å². The predicted molar refractivity (Wildman–Crippen MR) is 115 cm³/mol. The summed E-state index contributed by atoms with van der Waals surface area (Å²) in [5.74, 6) is 1.33. The summed E-state index contributed by atoms with van der Waals surface area (Å²) in [4.78, 5) is 9.28. The van der Waals surface area contributed by atoms with Crippen molar-refractivity contribution in [2.75, 3.05) is 7.11 Å². The van der Waals surface area contributed by atoms with Crippen LogP contribution in [-0.4, -0.2) is 30.1 Å². The Bertz CT molecular complexity index is 1280. The Balaban J connectivity index is 1.67. The zero-order chi connectivity index (χ0) is 21.1. The summed E-state index contributed by atoms with van der Waals surface area (Å²) in [6.45, 7) is 2.41. The van der Waals surface area contributed by atoms with Gasteiger partial charge in [-0.3, -0.25) is 0 Å². The molecule has 0 bridgehead atoms. The number of nitrogens with one attached hydrogen (secondary N) is 1. The fourth-order valence-electron chi connectivity index (χ4n) is 3.27. The molecule has 0 aliphatic heterocycles. The zero-order valence-electron chi connectivity index (χ0n) is 16.7. The molecule has 8 heteroatoms. The molecule has 2 aromatic heterocycles. The van der Waals surface area contributed by atoms with Crippen molar-refractivity contribution in [3.8, 4) is 5.75 Å². The number of pyridine rings is 1. The molecule has 30 heavy (non-hydrogen) atoms. The van der Waals surface area contributed by atoms with Crippen molar-refractivity contribution < 1.29 is 13.2 Å². The smallest absolute Gasteiger partial charge is 0.240 e. The number of nitrogens with zero attached hydrogens (tertiary/aromatic N) is 3. The molecule has 0 amide bonds. The van der Waals surface area contributed by atoms with Crippen LogP contribution < -0.4 is 9.46 Å². The van der Waals surface area contributed by atoms with Gasteiger partial charge in [-0.25, -0.2) is 23.1 Å². The van der Waals surface area contributed by atoms with E-state index in [1.165, 1.54) is 0 Å². The first kappa shape index (κ1) is 20.1. The second-order valence-electron chi connectivity index (χ2n) is 6.91. The second-order valence-corrected chi connectivity index (χ2v) is 8.68. The van der Waals surface area contributed by atoms with E-state index in [1.807, 2.05) is 47.9 Å². The Morgan fingerprint density at radius 1 is 1.03 bits per heavy atom. The summed E-state index contributed by atoms with van der Waals surface area (Å²) < 4.78 is 35.5. The van der Waals surface area contributed by atoms with Crippen LogP contribution in [0.25, 0.3) is 11.2 Å². The molecule has 2 aromatic carbocycles. The summed E-state index contributed by atoms with van der Waals surface area (Å²) in [5, 5.41) is 0. The normalized spacial score (nSPS) is 11.7. The number of methoxy groups -OCH3 is 1. The van der Waals surface area contributed by atoms with Gasteiger partial charge in [-0.1, -0.05) is 35.9 Å². The van der Waals surface area contributed by atoms with Gasteiger partial charge in [0.1, 0.15) is 17.1 Å². The predicted octanol–water partition coefficient (Wildman–Crippen LogP) is 3.28. The van der Waals surface area contributed by atoms with Crippen molar-refractivity contribution in [3.63, 3.8) is 0 Å². The van der Waals surface area contributed by atoms with Crippen molar-refractivity contribution in [1.82, 2.24) is 19.3 Å². The molecule has 0 aliphatic carbocycles. The van der Waals surface area contributed by atoms with E-state index in [0.717, 1.165) is 16.9 Å². The van der Waals surface area contributed by atoms with Crippen LogP contribution in [-0.2, 0) is 23.1 Å². The molecule has 0 saturated heterocycles. The van der Waals surface area contributed by atoms with Crippen LogP contribution in [0.5, 0.6) is 5.75 Å². The van der Waals surface area contributed by atoms with Gasteiger partial charge in [-0.15, -0.1) is 0 Å². The molecule has 4 aromatic rings. The highest BCUT2D eigenvalue weighted by atomic mass is 32.2. The standard InChI is InChI=1S/C22H22N4O3S/c1-16-9-11-18(12-10-16)30(27,28)24-14-21-25-19-7-5-13-23-22(19)26(21)15-17-6-3-4-8-20(17)29-2/h3-13,24H,14-15H2,1-2H3. The second kappa shape index (κ2) is 8.25. The molecule has 154 valence electrons. The van der Waals surface area contributed by atoms with E-state index >= 15 is 0 Å². The summed E-state index contributed by atoms with van der Waals surface area (Å²) in [7, 11) is -2.04. The Labute approximate surface area is 175 Å². The van der Waals surface area contributed by atoms with Crippen LogP contribution in [0.2, 0.25) is 0 Å². The first-order valence-corrected chi connectivity index (χ1v) is 10.9.